The zero-order valence-corrected chi connectivity index (χ0v) is 16.2. The standard InChI is InChI=1S/C20H17FN6O3/c1-3-30-19(29)15-12-23-25(2)17(15)18(28)27(14-6-4-13(21)5-7-14)16-8-10-26-11-9-22-20(26)24-16/h4-12H,3H2,1-2H3. The van der Waals surface area contributed by atoms with Gasteiger partial charge >= 0.3 is 5.97 Å². The van der Waals surface area contributed by atoms with Crippen LogP contribution in [0.15, 0.2) is 55.1 Å². The van der Waals surface area contributed by atoms with E-state index in [9.17, 15) is 14.0 Å². The van der Waals surface area contributed by atoms with Gasteiger partial charge < -0.3 is 4.74 Å². The zero-order valence-electron chi connectivity index (χ0n) is 16.2. The molecule has 152 valence electrons. The van der Waals surface area contributed by atoms with E-state index in [0.717, 1.165) is 0 Å². The Bertz CT molecular complexity index is 1230. The van der Waals surface area contributed by atoms with Crippen molar-refractivity contribution in [2.24, 2.45) is 7.05 Å². The van der Waals surface area contributed by atoms with E-state index < -0.39 is 17.7 Å². The fourth-order valence-corrected chi connectivity index (χ4v) is 3.02. The number of hydrogen-bond donors (Lipinski definition) is 0. The number of benzene rings is 1. The summed E-state index contributed by atoms with van der Waals surface area (Å²) in [7, 11) is 1.55. The van der Waals surface area contributed by atoms with Gasteiger partial charge in [0.2, 0.25) is 5.78 Å². The Hall–Kier alpha value is -4.08. The second-order valence-corrected chi connectivity index (χ2v) is 6.29. The first-order valence-electron chi connectivity index (χ1n) is 9.08. The number of aryl methyl sites for hydroxylation is 1. The molecular weight excluding hydrogens is 391 g/mol. The lowest BCUT2D eigenvalue weighted by Gasteiger charge is -2.22. The molecule has 3 heterocycles. The Morgan fingerprint density at radius 1 is 1.17 bits per heavy atom. The highest BCUT2D eigenvalue weighted by atomic mass is 19.1. The molecule has 1 aromatic carbocycles. The van der Waals surface area contributed by atoms with Crippen LogP contribution < -0.4 is 4.90 Å². The molecule has 9 nitrogen and oxygen atoms in total. The molecule has 0 aliphatic carbocycles. The number of aromatic nitrogens is 5. The van der Waals surface area contributed by atoms with Gasteiger partial charge in [0.15, 0.2) is 0 Å². The molecule has 0 N–H and O–H groups in total. The smallest absolute Gasteiger partial charge is 0.342 e. The summed E-state index contributed by atoms with van der Waals surface area (Å²) < 4.78 is 21.5. The van der Waals surface area contributed by atoms with E-state index in [0.29, 0.717) is 11.5 Å². The van der Waals surface area contributed by atoms with Crippen molar-refractivity contribution in [1.29, 1.82) is 0 Å². The topological polar surface area (TPSA) is 94.6 Å². The lowest BCUT2D eigenvalue weighted by molar-refractivity contribution is 0.0523. The number of anilines is 2. The number of halogens is 1. The van der Waals surface area contributed by atoms with Gasteiger partial charge in [0.25, 0.3) is 5.91 Å². The molecular formula is C20H17FN6O3. The third-order valence-electron chi connectivity index (χ3n) is 4.40. The largest absolute Gasteiger partial charge is 0.462 e. The predicted molar refractivity (Wildman–Crippen MR) is 105 cm³/mol. The lowest BCUT2D eigenvalue weighted by atomic mass is 10.2. The van der Waals surface area contributed by atoms with Gasteiger partial charge in [-0.3, -0.25) is 18.8 Å². The molecule has 4 rings (SSSR count). The van der Waals surface area contributed by atoms with Gasteiger partial charge in [-0.25, -0.2) is 14.2 Å². The average Bonchev–Trinajstić information content (AvgIpc) is 3.35. The molecule has 1 amide bonds. The molecule has 0 saturated heterocycles. The van der Waals surface area contributed by atoms with E-state index in [1.807, 2.05) is 0 Å². The Kier molecular flexibility index (Phi) is 4.97. The molecule has 0 fully saturated rings. The second-order valence-electron chi connectivity index (χ2n) is 6.29. The Morgan fingerprint density at radius 3 is 2.67 bits per heavy atom. The molecule has 0 atom stereocenters. The number of hydrogen-bond acceptors (Lipinski definition) is 6. The molecule has 0 unspecified atom stereocenters. The first kappa shape index (κ1) is 19.2. The molecule has 10 heteroatoms. The molecule has 0 saturated carbocycles. The van der Waals surface area contributed by atoms with Crippen molar-refractivity contribution in [3.8, 4) is 0 Å². The average molecular weight is 408 g/mol. The fourth-order valence-electron chi connectivity index (χ4n) is 3.02. The van der Waals surface area contributed by atoms with Crippen LogP contribution in [-0.2, 0) is 11.8 Å². The summed E-state index contributed by atoms with van der Waals surface area (Å²) in [4.78, 5) is 35.8. The first-order chi connectivity index (χ1) is 14.5. The van der Waals surface area contributed by atoms with Crippen LogP contribution in [0.2, 0.25) is 0 Å². The number of imidazole rings is 1. The maximum atomic E-state index is 13.6. The highest BCUT2D eigenvalue weighted by molar-refractivity contribution is 6.14. The summed E-state index contributed by atoms with van der Waals surface area (Å²) in [6, 6.07) is 6.99. The quantitative estimate of drug-likeness (QED) is 0.471. The highest BCUT2D eigenvalue weighted by Gasteiger charge is 2.30. The Balaban J connectivity index is 1.86. The summed E-state index contributed by atoms with van der Waals surface area (Å²) in [6.45, 7) is 1.82. The van der Waals surface area contributed by atoms with Gasteiger partial charge in [-0.2, -0.15) is 10.1 Å². The third kappa shape index (κ3) is 3.39. The number of esters is 1. The van der Waals surface area contributed by atoms with E-state index >= 15 is 0 Å². The lowest BCUT2D eigenvalue weighted by Crippen LogP contribution is -2.30. The first-order valence-corrected chi connectivity index (χ1v) is 9.08. The van der Waals surface area contributed by atoms with Crippen LogP contribution in [0.25, 0.3) is 5.78 Å². The van der Waals surface area contributed by atoms with Gasteiger partial charge in [-0.15, -0.1) is 0 Å². The second kappa shape index (κ2) is 7.74. The maximum absolute atomic E-state index is 13.6. The minimum absolute atomic E-state index is 0.0165. The SMILES string of the molecule is CCOC(=O)c1cnn(C)c1C(=O)N(c1ccc(F)cc1)c1ccn2ccnc2n1. The Labute approximate surface area is 170 Å². The van der Waals surface area contributed by atoms with Crippen molar-refractivity contribution in [3.63, 3.8) is 0 Å². The monoisotopic (exact) mass is 408 g/mol. The fraction of sp³-hybridized carbons (Fsp3) is 0.150. The van der Waals surface area contributed by atoms with E-state index in [-0.39, 0.29) is 23.7 Å². The minimum Gasteiger partial charge on any atom is -0.462 e. The molecule has 0 bridgehead atoms. The summed E-state index contributed by atoms with van der Waals surface area (Å²) >= 11 is 0. The van der Waals surface area contributed by atoms with Crippen LogP contribution in [0.3, 0.4) is 0 Å². The van der Waals surface area contributed by atoms with Crippen molar-refractivity contribution in [3.05, 3.63) is 72.2 Å². The third-order valence-corrected chi connectivity index (χ3v) is 4.40. The van der Waals surface area contributed by atoms with Crippen molar-refractivity contribution in [1.82, 2.24) is 24.1 Å². The molecule has 30 heavy (non-hydrogen) atoms. The van der Waals surface area contributed by atoms with E-state index in [1.54, 1.807) is 43.0 Å². The minimum atomic E-state index is -0.662. The number of carbonyl (C=O) groups excluding carboxylic acids is 2. The number of nitrogens with zero attached hydrogens (tertiary/aromatic N) is 6. The van der Waals surface area contributed by atoms with E-state index in [1.165, 1.54) is 40.0 Å². The van der Waals surface area contributed by atoms with Crippen LogP contribution in [0.1, 0.15) is 27.8 Å². The van der Waals surface area contributed by atoms with Crippen molar-refractivity contribution >= 4 is 29.2 Å². The predicted octanol–water partition coefficient (Wildman–Crippen LogP) is 2.76. The molecule has 0 spiro atoms. The molecule has 4 aromatic rings. The van der Waals surface area contributed by atoms with E-state index in [2.05, 4.69) is 15.1 Å². The van der Waals surface area contributed by atoms with Gasteiger partial charge in [0.1, 0.15) is 22.9 Å². The number of ether oxygens (including phenoxy) is 1. The van der Waals surface area contributed by atoms with Gasteiger partial charge in [-0.05, 0) is 37.3 Å². The van der Waals surface area contributed by atoms with Crippen LogP contribution in [-0.4, -0.2) is 42.6 Å². The highest BCUT2D eigenvalue weighted by Crippen LogP contribution is 2.27. The van der Waals surface area contributed by atoms with Crippen molar-refractivity contribution in [2.75, 3.05) is 11.5 Å². The molecule has 0 aliphatic heterocycles. The number of rotatable bonds is 5. The van der Waals surface area contributed by atoms with E-state index in [4.69, 9.17) is 4.74 Å². The summed E-state index contributed by atoms with van der Waals surface area (Å²) in [5.41, 5.74) is 0.405. The maximum Gasteiger partial charge on any atom is 0.342 e. The van der Waals surface area contributed by atoms with Crippen LogP contribution in [0.4, 0.5) is 15.9 Å². The van der Waals surface area contributed by atoms with Crippen LogP contribution >= 0.6 is 0 Å². The normalized spacial score (nSPS) is 10.9. The van der Waals surface area contributed by atoms with Crippen molar-refractivity contribution in [2.45, 2.75) is 6.92 Å². The number of amides is 1. The zero-order chi connectivity index (χ0) is 21.3. The van der Waals surface area contributed by atoms with Gasteiger partial charge in [0, 0.05) is 25.6 Å². The summed E-state index contributed by atoms with van der Waals surface area (Å²) in [6.07, 6.45) is 6.27. The van der Waals surface area contributed by atoms with Crippen LogP contribution in [0.5, 0.6) is 0 Å². The number of fused-ring (bicyclic) bond motifs is 1. The van der Waals surface area contributed by atoms with Gasteiger partial charge in [-0.1, -0.05) is 0 Å². The summed E-state index contributed by atoms with van der Waals surface area (Å²) in [5, 5.41) is 4.04. The molecule has 3 aromatic heterocycles. The van der Waals surface area contributed by atoms with Crippen LogP contribution in [0, 0.1) is 5.82 Å². The number of carbonyl (C=O) groups is 2. The Morgan fingerprint density at radius 2 is 1.93 bits per heavy atom. The molecule has 0 radical (unpaired) electrons. The molecule has 0 aliphatic rings. The summed E-state index contributed by atoms with van der Waals surface area (Å²) in [5.74, 6) is -1.06. The van der Waals surface area contributed by atoms with Gasteiger partial charge in [0.05, 0.1) is 18.5 Å². The van der Waals surface area contributed by atoms with Crippen molar-refractivity contribution < 1.29 is 18.7 Å².